The minimum Gasteiger partial charge on any atom is -0.490 e. The monoisotopic (exact) mass is 332 g/mol. The molecule has 2 N–H and O–H groups in total. The molecule has 0 aliphatic carbocycles. The maximum Gasteiger partial charge on any atom is 0.180 e. The third-order valence-corrected chi connectivity index (χ3v) is 4.84. The molecular formula is C17H24N4OS. The maximum atomic E-state index is 5.84. The first kappa shape index (κ1) is 16.1. The van der Waals surface area contributed by atoms with Crippen LogP contribution in [-0.4, -0.2) is 50.2 Å². The van der Waals surface area contributed by atoms with Gasteiger partial charge in [-0.15, -0.1) is 11.3 Å². The third-order valence-electron chi connectivity index (χ3n) is 4.04. The van der Waals surface area contributed by atoms with Crippen LogP contribution in [0.2, 0.25) is 0 Å². The van der Waals surface area contributed by atoms with Crippen LogP contribution >= 0.6 is 11.3 Å². The van der Waals surface area contributed by atoms with E-state index in [0.29, 0.717) is 5.13 Å². The molecule has 0 unspecified atom stereocenters. The fourth-order valence-corrected chi connectivity index (χ4v) is 3.63. The maximum absolute atomic E-state index is 5.84. The molecule has 0 saturated heterocycles. The Morgan fingerprint density at radius 2 is 2.22 bits per heavy atom. The number of nitrogen functional groups attached to an aromatic ring is 1. The first-order chi connectivity index (χ1) is 11.0. The Balaban J connectivity index is 1.85. The summed E-state index contributed by atoms with van der Waals surface area (Å²) in [5, 5.41) is 0.620. The molecule has 6 heteroatoms. The summed E-state index contributed by atoms with van der Waals surface area (Å²) in [4.78, 5) is 10.3. The predicted octanol–water partition coefficient (Wildman–Crippen LogP) is 2.85. The van der Waals surface area contributed by atoms with Crippen LogP contribution in [0.4, 0.5) is 10.8 Å². The predicted molar refractivity (Wildman–Crippen MR) is 97.6 cm³/mol. The van der Waals surface area contributed by atoms with Gasteiger partial charge in [-0.2, -0.15) is 0 Å². The van der Waals surface area contributed by atoms with Gasteiger partial charge in [-0.1, -0.05) is 0 Å². The molecule has 0 amide bonds. The van der Waals surface area contributed by atoms with Crippen molar-refractivity contribution in [2.45, 2.75) is 13.3 Å². The van der Waals surface area contributed by atoms with Crippen LogP contribution in [0.5, 0.6) is 5.75 Å². The average Bonchev–Trinajstić information content (AvgIpc) is 2.85. The second-order valence-corrected chi connectivity index (χ2v) is 7.37. The van der Waals surface area contributed by atoms with Crippen LogP contribution in [0.1, 0.15) is 11.3 Å². The molecule has 1 aromatic heterocycles. The van der Waals surface area contributed by atoms with Crippen molar-refractivity contribution in [1.29, 1.82) is 0 Å². The summed E-state index contributed by atoms with van der Waals surface area (Å²) >= 11 is 1.54. The number of aryl methyl sites for hydroxylation is 1. The Bertz CT molecular complexity index is 683. The van der Waals surface area contributed by atoms with Gasteiger partial charge in [0.2, 0.25) is 0 Å². The molecule has 0 bridgehead atoms. The lowest BCUT2D eigenvalue weighted by Crippen LogP contribution is -2.34. The lowest BCUT2D eigenvalue weighted by atomic mass is 10.1. The second kappa shape index (κ2) is 6.76. The topological polar surface area (TPSA) is 54.6 Å². The molecule has 0 fully saturated rings. The molecule has 0 radical (unpaired) electrons. The van der Waals surface area contributed by atoms with Crippen LogP contribution < -0.4 is 15.4 Å². The lowest BCUT2D eigenvalue weighted by Gasteiger charge is -2.32. The average molecular weight is 332 g/mol. The number of anilines is 2. The van der Waals surface area contributed by atoms with Gasteiger partial charge in [0.25, 0.3) is 0 Å². The third kappa shape index (κ3) is 3.59. The van der Waals surface area contributed by atoms with Gasteiger partial charge in [-0.05, 0) is 52.2 Å². The van der Waals surface area contributed by atoms with Crippen LogP contribution in [0, 0.1) is 6.92 Å². The van der Waals surface area contributed by atoms with Gasteiger partial charge in [0.15, 0.2) is 5.13 Å². The molecule has 1 aromatic carbocycles. The van der Waals surface area contributed by atoms with E-state index in [1.54, 1.807) is 0 Å². The standard InChI is InChI=1S/C17H24N4OS/c1-12-16(19-17(18)23-12)13-5-6-15-14(11-13)21(9-10-22-15)8-4-7-20(2)3/h5-6,11H,4,7-10H2,1-3H3,(H2,18,19). The lowest BCUT2D eigenvalue weighted by molar-refractivity contribution is 0.305. The Morgan fingerprint density at radius 1 is 1.39 bits per heavy atom. The second-order valence-electron chi connectivity index (χ2n) is 6.13. The molecule has 2 aromatic rings. The summed E-state index contributed by atoms with van der Waals surface area (Å²) in [7, 11) is 4.22. The zero-order valence-corrected chi connectivity index (χ0v) is 14.8. The van der Waals surface area contributed by atoms with E-state index in [9.17, 15) is 0 Å². The van der Waals surface area contributed by atoms with Gasteiger partial charge in [0, 0.05) is 17.0 Å². The molecule has 124 valence electrons. The van der Waals surface area contributed by atoms with E-state index in [-0.39, 0.29) is 0 Å². The summed E-state index contributed by atoms with van der Waals surface area (Å²) in [6.07, 6.45) is 1.14. The van der Waals surface area contributed by atoms with Crippen molar-refractivity contribution in [2.24, 2.45) is 0 Å². The van der Waals surface area contributed by atoms with Gasteiger partial charge in [0.05, 0.1) is 17.9 Å². The number of benzene rings is 1. The minimum atomic E-state index is 0.620. The molecule has 3 rings (SSSR count). The molecule has 0 atom stereocenters. The van der Waals surface area contributed by atoms with E-state index >= 15 is 0 Å². The first-order valence-corrected chi connectivity index (χ1v) is 8.76. The molecule has 0 saturated carbocycles. The smallest absolute Gasteiger partial charge is 0.180 e. The number of thiazole rings is 1. The molecule has 1 aliphatic heterocycles. The minimum absolute atomic E-state index is 0.620. The van der Waals surface area contributed by atoms with Gasteiger partial charge < -0.3 is 20.3 Å². The summed E-state index contributed by atoms with van der Waals surface area (Å²) in [6.45, 7) is 5.87. The van der Waals surface area contributed by atoms with Crippen molar-refractivity contribution in [1.82, 2.24) is 9.88 Å². The number of ether oxygens (including phenoxy) is 1. The fourth-order valence-electron chi connectivity index (χ4n) is 2.91. The Hall–Kier alpha value is -1.79. The highest BCUT2D eigenvalue weighted by molar-refractivity contribution is 7.15. The van der Waals surface area contributed by atoms with Crippen molar-refractivity contribution in [3.63, 3.8) is 0 Å². The summed E-state index contributed by atoms with van der Waals surface area (Å²) in [5.74, 6) is 0.964. The fraction of sp³-hybridized carbons (Fsp3) is 0.471. The van der Waals surface area contributed by atoms with Crippen molar-refractivity contribution < 1.29 is 4.74 Å². The van der Waals surface area contributed by atoms with Crippen LogP contribution in [0.3, 0.4) is 0 Å². The summed E-state index contributed by atoms with van der Waals surface area (Å²) in [5.41, 5.74) is 9.10. The van der Waals surface area contributed by atoms with Crippen LogP contribution in [0.15, 0.2) is 18.2 Å². The molecular weight excluding hydrogens is 308 g/mol. The SMILES string of the molecule is Cc1sc(N)nc1-c1ccc2c(c1)N(CCCN(C)C)CCO2. The zero-order valence-electron chi connectivity index (χ0n) is 14.0. The van der Waals surface area contributed by atoms with E-state index in [0.717, 1.165) is 54.5 Å². The number of hydrogen-bond acceptors (Lipinski definition) is 6. The number of aromatic nitrogens is 1. The van der Waals surface area contributed by atoms with E-state index in [1.807, 2.05) is 0 Å². The largest absolute Gasteiger partial charge is 0.490 e. The quantitative estimate of drug-likeness (QED) is 0.912. The first-order valence-electron chi connectivity index (χ1n) is 7.94. The molecule has 5 nitrogen and oxygen atoms in total. The summed E-state index contributed by atoms with van der Waals surface area (Å²) in [6, 6.07) is 6.31. The van der Waals surface area contributed by atoms with Crippen molar-refractivity contribution in [3.05, 3.63) is 23.1 Å². The van der Waals surface area contributed by atoms with Gasteiger partial charge in [-0.3, -0.25) is 0 Å². The molecule has 0 spiro atoms. The molecule has 2 heterocycles. The number of nitrogens with two attached hydrogens (primary N) is 1. The molecule has 1 aliphatic rings. The highest BCUT2D eigenvalue weighted by Crippen LogP contribution is 2.37. The van der Waals surface area contributed by atoms with Gasteiger partial charge in [0.1, 0.15) is 12.4 Å². The van der Waals surface area contributed by atoms with Crippen molar-refractivity contribution >= 4 is 22.2 Å². The number of fused-ring (bicyclic) bond motifs is 1. The zero-order chi connectivity index (χ0) is 16.4. The number of hydrogen-bond donors (Lipinski definition) is 1. The highest BCUT2D eigenvalue weighted by atomic mass is 32.1. The van der Waals surface area contributed by atoms with E-state index in [2.05, 4.69) is 54.0 Å². The van der Waals surface area contributed by atoms with E-state index in [1.165, 1.54) is 17.0 Å². The van der Waals surface area contributed by atoms with Gasteiger partial charge in [-0.25, -0.2) is 4.98 Å². The Kier molecular flexibility index (Phi) is 4.73. The van der Waals surface area contributed by atoms with Crippen LogP contribution in [0.25, 0.3) is 11.3 Å². The van der Waals surface area contributed by atoms with E-state index < -0.39 is 0 Å². The number of rotatable bonds is 5. The Labute approximate surface area is 141 Å². The number of nitrogens with zero attached hydrogens (tertiary/aromatic N) is 3. The van der Waals surface area contributed by atoms with Crippen molar-refractivity contribution in [3.8, 4) is 17.0 Å². The highest BCUT2D eigenvalue weighted by Gasteiger charge is 2.19. The summed E-state index contributed by atoms with van der Waals surface area (Å²) < 4.78 is 5.81. The molecule has 23 heavy (non-hydrogen) atoms. The Morgan fingerprint density at radius 3 is 2.91 bits per heavy atom. The van der Waals surface area contributed by atoms with Crippen molar-refractivity contribution in [2.75, 3.05) is 51.0 Å². The van der Waals surface area contributed by atoms with E-state index in [4.69, 9.17) is 10.5 Å². The van der Waals surface area contributed by atoms with Crippen LogP contribution in [-0.2, 0) is 0 Å². The van der Waals surface area contributed by atoms with Gasteiger partial charge >= 0.3 is 0 Å². The normalized spacial score (nSPS) is 14.0.